The summed E-state index contributed by atoms with van der Waals surface area (Å²) in [6.45, 7) is 3.64. The van der Waals surface area contributed by atoms with Gasteiger partial charge in [0.1, 0.15) is 5.75 Å². The number of esters is 1. The molecule has 1 aliphatic rings. The number of allylic oxidation sites excluding steroid dienone is 1. The first-order valence-electron chi connectivity index (χ1n) is 12.1. The summed E-state index contributed by atoms with van der Waals surface area (Å²) in [5, 5.41) is 11.0. The van der Waals surface area contributed by atoms with E-state index in [1.54, 1.807) is 57.4 Å². The predicted molar refractivity (Wildman–Crippen MR) is 146 cm³/mol. The normalized spacial score (nSPS) is 15.1. The average Bonchev–Trinajstić information content (AvgIpc) is 3.52. The molecule has 198 valence electrons. The van der Waals surface area contributed by atoms with E-state index in [9.17, 15) is 19.7 Å². The third kappa shape index (κ3) is 4.79. The van der Waals surface area contributed by atoms with Crippen LogP contribution in [0.4, 0.5) is 5.69 Å². The zero-order valence-electron chi connectivity index (χ0n) is 21.4. The van der Waals surface area contributed by atoms with Gasteiger partial charge in [-0.2, -0.15) is 0 Å². The van der Waals surface area contributed by atoms with Crippen LogP contribution in [0.1, 0.15) is 31.1 Å². The van der Waals surface area contributed by atoms with E-state index in [4.69, 9.17) is 9.47 Å². The minimum Gasteiger partial charge on any atom is -0.497 e. The number of hydrogen-bond acceptors (Lipinski definition) is 8. The van der Waals surface area contributed by atoms with Crippen molar-refractivity contribution in [2.24, 2.45) is 4.99 Å². The number of methoxy groups -OCH3 is 1. The van der Waals surface area contributed by atoms with E-state index in [1.807, 2.05) is 29.0 Å². The third-order valence-electron chi connectivity index (χ3n) is 6.32. The molecular weight excluding hydrogens is 520 g/mol. The smallest absolute Gasteiger partial charge is 0.338 e. The quantitative estimate of drug-likeness (QED) is 0.200. The number of hydrogen-bond donors (Lipinski definition) is 0. The summed E-state index contributed by atoms with van der Waals surface area (Å²) in [6.07, 6.45) is 3.56. The number of carbonyl (C=O) groups excluding carboxylic acids is 1. The molecule has 0 radical (unpaired) electrons. The molecule has 0 amide bonds. The van der Waals surface area contributed by atoms with Gasteiger partial charge in [-0.05, 0) is 61.9 Å². The lowest BCUT2D eigenvalue weighted by Crippen LogP contribution is -2.40. The molecule has 2 aromatic carbocycles. The zero-order chi connectivity index (χ0) is 27.7. The maximum absolute atomic E-state index is 13.9. The number of nitro benzene ring substituents is 1. The summed E-state index contributed by atoms with van der Waals surface area (Å²) in [4.78, 5) is 42.6. The lowest BCUT2D eigenvalue weighted by atomic mass is 9.95. The summed E-state index contributed by atoms with van der Waals surface area (Å²) in [7, 11) is 1.55. The summed E-state index contributed by atoms with van der Waals surface area (Å²) in [5.74, 6) is 0.0568. The third-order valence-corrected chi connectivity index (χ3v) is 7.31. The fraction of sp³-hybridized carbons (Fsp3) is 0.179. The Kier molecular flexibility index (Phi) is 6.99. The second-order valence-corrected chi connectivity index (χ2v) is 9.66. The van der Waals surface area contributed by atoms with Crippen molar-refractivity contribution in [1.82, 2.24) is 9.13 Å². The van der Waals surface area contributed by atoms with Crippen LogP contribution in [0.2, 0.25) is 0 Å². The Morgan fingerprint density at radius 2 is 1.95 bits per heavy atom. The van der Waals surface area contributed by atoms with Gasteiger partial charge in [0, 0.05) is 29.7 Å². The monoisotopic (exact) mass is 544 g/mol. The summed E-state index contributed by atoms with van der Waals surface area (Å²) in [6, 6.07) is 16.3. The molecule has 10 nitrogen and oxygen atoms in total. The Morgan fingerprint density at radius 1 is 1.18 bits per heavy atom. The Balaban J connectivity index is 1.67. The lowest BCUT2D eigenvalue weighted by molar-refractivity contribution is -0.384. The minimum atomic E-state index is -0.751. The maximum Gasteiger partial charge on any atom is 0.338 e. The summed E-state index contributed by atoms with van der Waals surface area (Å²) < 4.78 is 14.5. The van der Waals surface area contributed by atoms with Gasteiger partial charge in [-0.3, -0.25) is 19.5 Å². The Hall–Kier alpha value is -4.77. The maximum atomic E-state index is 13.9. The number of carbonyl (C=O) groups is 1. The van der Waals surface area contributed by atoms with Crippen LogP contribution in [0.25, 0.3) is 11.8 Å². The van der Waals surface area contributed by atoms with Crippen molar-refractivity contribution in [3.8, 4) is 11.4 Å². The van der Waals surface area contributed by atoms with Crippen molar-refractivity contribution in [2.45, 2.75) is 19.9 Å². The topological polar surface area (TPSA) is 118 Å². The predicted octanol–water partition coefficient (Wildman–Crippen LogP) is 3.51. The van der Waals surface area contributed by atoms with Gasteiger partial charge in [-0.1, -0.05) is 23.5 Å². The number of fused-ring (bicyclic) bond motifs is 1. The van der Waals surface area contributed by atoms with E-state index in [0.717, 1.165) is 0 Å². The van der Waals surface area contributed by atoms with Gasteiger partial charge < -0.3 is 14.0 Å². The molecule has 0 spiro atoms. The molecule has 0 N–H and O–H groups in total. The van der Waals surface area contributed by atoms with E-state index in [0.29, 0.717) is 43.3 Å². The number of benzene rings is 2. The standard InChI is InChI=1S/C28H24N4O6S/c1-4-38-27(34)24-17(2)29-28-31(25(24)18-7-5-9-22(15-18)37-3)26(33)23(39-28)16-21-8-6-14-30(21)19-10-12-20(13-11-19)32(35)36/h5-16,25H,4H2,1-3H3/b23-16-. The molecule has 2 aromatic heterocycles. The fourth-order valence-corrected chi connectivity index (χ4v) is 5.57. The molecule has 0 saturated carbocycles. The van der Waals surface area contributed by atoms with E-state index in [2.05, 4.69) is 4.99 Å². The molecular formula is C28H24N4O6S. The highest BCUT2D eigenvalue weighted by Gasteiger charge is 2.33. The van der Waals surface area contributed by atoms with Crippen molar-refractivity contribution in [3.63, 3.8) is 0 Å². The number of nitrogens with zero attached hydrogens (tertiary/aromatic N) is 4. The molecule has 0 saturated heterocycles. The van der Waals surface area contributed by atoms with Crippen LogP contribution in [-0.4, -0.2) is 33.7 Å². The number of ether oxygens (including phenoxy) is 2. The molecule has 3 heterocycles. The summed E-state index contributed by atoms with van der Waals surface area (Å²) >= 11 is 1.22. The molecule has 39 heavy (non-hydrogen) atoms. The van der Waals surface area contributed by atoms with Gasteiger partial charge in [-0.25, -0.2) is 9.79 Å². The van der Waals surface area contributed by atoms with Crippen LogP contribution in [0.5, 0.6) is 5.75 Å². The Morgan fingerprint density at radius 3 is 2.64 bits per heavy atom. The number of non-ortho nitro benzene ring substituents is 1. The summed E-state index contributed by atoms with van der Waals surface area (Å²) in [5.41, 5.74) is 2.55. The van der Waals surface area contributed by atoms with Gasteiger partial charge in [0.25, 0.3) is 11.2 Å². The minimum absolute atomic E-state index is 0.00826. The van der Waals surface area contributed by atoms with Crippen molar-refractivity contribution in [3.05, 3.63) is 119 Å². The van der Waals surface area contributed by atoms with Gasteiger partial charge in [0.15, 0.2) is 4.80 Å². The average molecular weight is 545 g/mol. The van der Waals surface area contributed by atoms with Crippen LogP contribution in [-0.2, 0) is 9.53 Å². The van der Waals surface area contributed by atoms with Crippen molar-refractivity contribution < 1.29 is 19.2 Å². The van der Waals surface area contributed by atoms with Crippen LogP contribution >= 0.6 is 11.3 Å². The van der Waals surface area contributed by atoms with Gasteiger partial charge >= 0.3 is 5.97 Å². The highest BCUT2D eigenvalue weighted by atomic mass is 32.1. The Bertz CT molecular complexity index is 1800. The number of rotatable bonds is 7. The van der Waals surface area contributed by atoms with Gasteiger partial charge in [0.2, 0.25) is 0 Å². The largest absolute Gasteiger partial charge is 0.497 e. The molecule has 11 heteroatoms. The molecule has 1 aliphatic heterocycles. The Labute approximate surface area is 226 Å². The van der Waals surface area contributed by atoms with Crippen molar-refractivity contribution in [1.29, 1.82) is 0 Å². The van der Waals surface area contributed by atoms with Crippen molar-refractivity contribution >= 4 is 29.1 Å². The SMILES string of the molecule is CCOC(=O)C1=C(C)N=c2s/c(=C\c3cccn3-c3ccc([N+](=O)[O-])cc3)c(=O)n2C1c1cccc(OC)c1. The van der Waals surface area contributed by atoms with Crippen LogP contribution in [0, 0.1) is 10.1 Å². The van der Waals surface area contributed by atoms with Crippen LogP contribution in [0.3, 0.4) is 0 Å². The number of thiazole rings is 1. The lowest BCUT2D eigenvalue weighted by Gasteiger charge is -2.25. The van der Waals surface area contributed by atoms with E-state index >= 15 is 0 Å². The van der Waals surface area contributed by atoms with Gasteiger partial charge in [-0.15, -0.1) is 0 Å². The second-order valence-electron chi connectivity index (χ2n) is 8.66. The molecule has 5 rings (SSSR count). The van der Waals surface area contributed by atoms with Crippen molar-refractivity contribution in [2.75, 3.05) is 13.7 Å². The first-order valence-corrected chi connectivity index (χ1v) is 12.9. The molecule has 0 aliphatic carbocycles. The number of aromatic nitrogens is 2. The fourth-order valence-electron chi connectivity index (χ4n) is 4.53. The first kappa shape index (κ1) is 25.9. The molecule has 1 atom stereocenters. The highest BCUT2D eigenvalue weighted by Crippen LogP contribution is 2.32. The molecule has 4 aromatic rings. The van der Waals surface area contributed by atoms with E-state index < -0.39 is 16.9 Å². The highest BCUT2D eigenvalue weighted by molar-refractivity contribution is 7.07. The van der Waals surface area contributed by atoms with Crippen LogP contribution < -0.4 is 19.6 Å². The van der Waals surface area contributed by atoms with E-state index in [1.165, 1.54) is 28.0 Å². The zero-order valence-corrected chi connectivity index (χ0v) is 22.2. The van der Waals surface area contributed by atoms with Gasteiger partial charge in [0.05, 0.1) is 40.5 Å². The second kappa shape index (κ2) is 10.5. The van der Waals surface area contributed by atoms with Crippen LogP contribution in [0.15, 0.2) is 87.9 Å². The molecule has 0 bridgehead atoms. The van der Waals surface area contributed by atoms with E-state index in [-0.39, 0.29) is 17.9 Å². The molecule has 0 fully saturated rings. The first-order chi connectivity index (χ1) is 18.8. The number of nitro groups is 1. The molecule has 1 unspecified atom stereocenters.